The first-order valence-corrected chi connectivity index (χ1v) is 11.5. The molecule has 1 heterocycles. The van der Waals surface area contributed by atoms with Crippen LogP contribution in [0, 0.1) is 0 Å². The van der Waals surface area contributed by atoms with Crippen LogP contribution in [-0.4, -0.2) is 40.2 Å². The Morgan fingerprint density at radius 3 is 2.12 bits per heavy atom. The highest BCUT2D eigenvalue weighted by Gasteiger charge is 2.39. The predicted molar refractivity (Wildman–Crippen MR) is 109 cm³/mol. The van der Waals surface area contributed by atoms with Gasteiger partial charge in [0, 0.05) is 0 Å². The molecule has 4 rings (SSSR count). The predicted octanol–water partition coefficient (Wildman–Crippen LogP) is 3.36. The number of nitrogens with zero attached hydrogens (tertiary/aromatic N) is 1. The second-order valence-electron chi connectivity index (χ2n) is 7.18. The second-order valence-corrected chi connectivity index (χ2v) is 11.5. The standard InChI is InChI=1S/C22H25NOSi/c1-23-13-15-25(16-14-23,21-11-8-20(24-2)9-12-21)22-10-7-18-5-3-4-6-19(18)17-22/h3-12,17H,13-16H2,1-2H3. The van der Waals surface area contributed by atoms with Crippen LogP contribution >= 0.6 is 0 Å². The molecule has 1 aliphatic heterocycles. The van der Waals surface area contributed by atoms with Crippen LogP contribution in [0.1, 0.15) is 0 Å². The Labute approximate surface area is 151 Å². The summed E-state index contributed by atoms with van der Waals surface area (Å²) in [5, 5.41) is 5.80. The smallest absolute Gasteiger partial charge is 0.120 e. The first kappa shape index (κ1) is 16.4. The van der Waals surface area contributed by atoms with Crippen LogP contribution in [0.5, 0.6) is 5.75 Å². The largest absolute Gasteiger partial charge is 0.497 e. The molecule has 0 amide bonds. The van der Waals surface area contributed by atoms with Crippen LogP contribution in [0.4, 0.5) is 0 Å². The highest BCUT2D eigenvalue weighted by Crippen LogP contribution is 2.25. The molecule has 1 saturated heterocycles. The third-order valence-electron chi connectivity index (χ3n) is 5.79. The Hall–Kier alpha value is -2.10. The molecule has 0 N–H and O–H groups in total. The normalized spacial score (nSPS) is 17.5. The van der Waals surface area contributed by atoms with Crippen LogP contribution in [0.25, 0.3) is 10.8 Å². The van der Waals surface area contributed by atoms with Crippen molar-refractivity contribution in [1.29, 1.82) is 0 Å². The third-order valence-corrected chi connectivity index (χ3v) is 10.8. The van der Waals surface area contributed by atoms with E-state index in [1.54, 1.807) is 12.3 Å². The van der Waals surface area contributed by atoms with Gasteiger partial charge in [0.05, 0.1) is 7.11 Å². The van der Waals surface area contributed by atoms with E-state index in [4.69, 9.17) is 4.74 Å². The van der Waals surface area contributed by atoms with Crippen molar-refractivity contribution in [3.63, 3.8) is 0 Å². The van der Waals surface area contributed by atoms with Crippen molar-refractivity contribution in [3.8, 4) is 5.75 Å². The van der Waals surface area contributed by atoms with E-state index >= 15 is 0 Å². The third kappa shape index (κ3) is 2.98. The van der Waals surface area contributed by atoms with E-state index < -0.39 is 8.07 Å². The number of hydrogen-bond donors (Lipinski definition) is 0. The van der Waals surface area contributed by atoms with Gasteiger partial charge in [0.25, 0.3) is 0 Å². The molecule has 0 saturated carbocycles. The highest BCUT2D eigenvalue weighted by atomic mass is 28.3. The van der Waals surface area contributed by atoms with Crippen molar-refractivity contribution >= 4 is 29.2 Å². The van der Waals surface area contributed by atoms with Gasteiger partial charge in [0.15, 0.2) is 0 Å². The van der Waals surface area contributed by atoms with Gasteiger partial charge in [-0.05, 0) is 55.1 Å². The molecule has 0 unspecified atom stereocenters. The topological polar surface area (TPSA) is 12.5 Å². The molecular weight excluding hydrogens is 322 g/mol. The van der Waals surface area contributed by atoms with E-state index in [2.05, 4.69) is 78.7 Å². The molecule has 0 aliphatic carbocycles. The van der Waals surface area contributed by atoms with E-state index in [9.17, 15) is 0 Å². The summed E-state index contributed by atoms with van der Waals surface area (Å²) in [5.74, 6) is 0.944. The summed E-state index contributed by atoms with van der Waals surface area (Å²) < 4.78 is 5.38. The summed E-state index contributed by atoms with van der Waals surface area (Å²) in [7, 11) is 2.25. The average Bonchev–Trinajstić information content (AvgIpc) is 2.68. The summed E-state index contributed by atoms with van der Waals surface area (Å²) in [6.45, 7) is 2.37. The molecule has 1 aliphatic rings. The molecule has 3 aromatic rings. The van der Waals surface area contributed by atoms with Gasteiger partial charge < -0.3 is 9.64 Å². The lowest BCUT2D eigenvalue weighted by Gasteiger charge is -2.40. The number of hydrogen-bond acceptors (Lipinski definition) is 2. The lowest BCUT2D eigenvalue weighted by molar-refractivity contribution is 0.357. The fourth-order valence-electron chi connectivity index (χ4n) is 4.14. The van der Waals surface area contributed by atoms with Crippen molar-refractivity contribution in [2.75, 3.05) is 27.2 Å². The Morgan fingerprint density at radius 1 is 0.800 bits per heavy atom. The number of methoxy groups -OCH3 is 1. The number of rotatable bonds is 3. The first-order chi connectivity index (χ1) is 12.2. The van der Waals surface area contributed by atoms with Gasteiger partial charge >= 0.3 is 0 Å². The van der Waals surface area contributed by atoms with E-state index in [1.165, 1.54) is 41.1 Å². The molecule has 3 heteroatoms. The summed E-state index contributed by atoms with van der Waals surface area (Å²) >= 11 is 0. The second kappa shape index (κ2) is 6.66. The van der Waals surface area contributed by atoms with Crippen LogP contribution in [0.15, 0.2) is 66.7 Å². The molecule has 0 bridgehead atoms. The Morgan fingerprint density at radius 2 is 1.44 bits per heavy atom. The zero-order chi connectivity index (χ0) is 17.3. The minimum atomic E-state index is -1.73. The Bertz CT molecular complexity index is 867. The zero-order valence-electron chi connectivity index (χ0n) is 15.0. The number of ether oxygens (including phenoxy) is 1. The lowest BCUT2D eigenvalue weighted by atomic mass is 10.1. The molecular formula is C22H25NOSi. The van der Waals surface area contributed by atoms with Gasteiger partial charge in [-0.3, -0.25) is 0 Å². The van der Waals surface area contributed by atoms with Crippen molar-refractivity contribution in [2.24, 2.45) is 0 Å². The fraction of sp³-hybridized carbons (Fsp3) is 0.273. The van der Waals surface area contributed by atoms with Crippen molar-refractivity contribution < 1.29 is 4.74 Å². The minimum absolute atomic E-state index is 0.944. The van der Waals surface area contributed by atoms with E-state index in [0.29, 0.717) is 0 Å². The van der Waals surface area contributed by atoms with Gasteiger partial charge in [-0.2, -0.15) is 0 Å². The van der Waals surface area contributed by atoms with Gasteiger partial charge in [0.1, 0.15) is 13.8 Å². The summed E-state index contributed by atoms with van der Waals surface area (Å²) in [4.78, 5) is 2.47. The molecule has 128 valence electrons. The number of fused-ring (bicyclic) bond motifs is 1. The number of benzene rings is 3. The average molecular weight is 348 g/mol. The van der Waals surface area contributed by atoms with E-state index in [-0.39, 0.29) is 0 Å². The summed E-state index contributed by atoms with van der Waals surface area (Å²) in [6, 6.07) is 27.3. The molecule has 0 spiro atoms. The minimum Gasteiger partial charge on any atom is -0.497 e. The lowest BCUT2D eigenvalue weighted by Crippen LogP contribution is -2.62. The quantitative estimate of drug-likeness (QED) is 0.674. The summed E-state index contributed by atoms with van der Waals surface area (Å²) in [5.41, 5.74) is 0. The van der Waals surface area contributed by atoms with Crippen molar-refractivity contribution in [1.82, 2.24) is 4.90 Å². The van der Waals surface area contributed by atoms with E-state index in [0.717, 1.165) is 5.75 Å². The van der Waals surface area contributed by atoms with Crippen LogP contribution in [0.3, 0.4) is 0 Å². The van der Waals surface area contributed by atoms with Gasteiger partial charge in [-0.15, -0.1) is 0 Å². The van der Waals surface area contributed by atoms with Crippen LogP contribution in [0.2, 0.25) is 12.1 Å². The molecule has 0 aromatic heterocycles. The van der Waals surface area contributed by atoms with Crippen LogP contribution in [-0.2, 0) is 0 Å². The van der Waals surface area contributed by atoms with Crippen molar-refractivity contribution in [3.05, 3.63) is 66.7 Å². The maximum absolute atomic E-state index is 5.38. The van der Waals surface area contributed by atoms with Crippen LogP contribution < -0.4 is 15.1 Å². The summed E-state index contributed by atoms with van der Waals surface area (Å²) in [6.07, 6.45) is 0. The van der Waals surface area contributed by atoms with E-state index in [1.807, 2.05) is 0 Å². The maximum Gasteiger partial charge on any atom is 0.120 e. The van der Waals surface area contributed by atoms with Gasteiger partial charge in [-0.25, -0.2) is 0 Å². The fourth-order valence-corrected chi connectivity index (χ4v) is 9.05. The first-order valence-electron chi connectivity index (χ1n) is 9.04. The Balaban J connectivity index is 1.83. The molecule has 0 radical (unpaired) electrons. The molecule has 1 fully saturated rings. The molecule has 0 atom stereocenters. The van der Waals surface area contributed by atoms with Gasteiger partial charge in [0.2, 0.25) is 0 Å². The molecule has 3 aromatic carbocycles. The SMILES string of the molecule is COc1ccc([Si]2(c3ccc4ccccc4c3)CCN(C)CC2)cc1. The zero-order valence-corrected chi connectivity index (χ0v) is 16.0. The highest BCUT2D eigenvalue weighted by molar-refractivity contribution is 7.02. The molecule has 2 nitrogen and oxygen atoms in total. The maximum atomic E-state index is 5.38. The molecule has 25 heavy (non-hydrogen) atoms. The monoisotopic (exact) mass is 347 g/mol. The van der Waals surface area contributed by atoms with Gasteiger partial charge in [-0.1, -0.05) is 65.0 Å². The van der Waals surface area contributed by atoms with Crippen molar-refractivity contribution in [2.45, 2.75) is 12.1 Å². The Kier molecular flexibility index (Phi) is 4.36.